The highest BCUT2D eigenvalue weighted by Gasteiger charge is 2.10. The van der Waals surface area contributed by atoms with Gasteiger partial charge in [-0.3, -0.25) is 0 Å². The van der Waals surface area contributed by atoms with Gasteiger partial charge >= 0.3 is 0 Å². The molecule has 2 aromatic rings. The smallest absolute Gasteiger partial charge is 0.125 e. The molecule has 20 heavy (non-hydrogen) atoms. The largest absolute Gasteiger partial charge is 0.488 e. The van der Waals surface area contributed by atoms with Crippen molar-refractivity contribution in [3.8, 4) is 5.75 Å². The van der Waals surface area contributed by atoms with Gasteiger partial charge < -0.3 is 9.84 Å². The molecule has 2 rings (SSSR count). The number of hydrogen-bond donors (Lipinski definition) is 1. The van der Waals surface area contributed by atoms with Crippen molar-refractivity contribution in [3.63, 3.8) is 0 Å². The van der Waals surface area contributed by atoms with E-state index in [1.807, 2.05) is 25.1 Å². The maximum atomic E-state index is 13.0. The normalized spacial score (nSPS) is 12.2. The first-order valence-electron chi connectivity index (χ1n) is 6.32. The van der Waals surface area contributed by atoms with Crippen LogP contribution >= 0.6 is 15.9 Å². The molecule has 2 aromatic carbocycles. The second-order valence-corrected chi connectivity index (χ2v) is 5.60. The number of benzene rings is 2. The minimum atomic E-state index is -0.595. The van der Waals surface area contributed by atoms with Gasteiger partial charge in [-0.2, -0.15) is 0 Å². The predicted octanol–water partition coefficient (Wildman–Crippen LogP) is 4.53. The van der Waals surface area contributed by atoms with Crippen LogP contribution in [-0.4, -0.2) is 5.11 Å². The number of ether oxygens (including phenoxy) is 1. The molecule has 0 spiro atoms. The Morgan fingerprint density at radius 1 is 1.25 bits per heavy atom. The molecule has 0 fully saturated rings. The zero-order valence-corrected chi connectivity index (χ0v) is 12.9. The monoisotopic (exact) mass is 338 g/mol. The van der Waals surface area contributed by atoms with Gasteiger partial charge in [-0.15, -0.1) is 0 Å². The summed E-state index contributed by atoms with van der Waals surface area (Å²) >= 11 is 3.31. The third-order valence-electron chi connectivity index (χ3n) is 3.02. The average Bonchev–Trinajstić information content (AvgIpc) is 2.37. The molecular weight excluding hydrogens is 323 g/mol. The van der Waals surface area contributed by atoms with Gasteiger partial charge in [0.15, 0.2) is 0 Å². The van der Waals surface area contributed by atoms with Gasteiger partial charge in [0.25, 0.3) is 0 Å². The summed E-state index contributed by atoms with van der Waals surface area (Å²) < 4.78 is 19.5. The fraction of sp³-hybridized carbons (Fsp3) is 0.250. The summed E-state index contributed by atoms with van der Waals surface area (Å²) in [6, 6.07) is 10.2. The van der Waals surface area contributed by atoms with Gasteiger partial charge in [-0.25, -0.2) is 4.39 Å². The second-order valence-electron chi connectivity index (χ2n) is 4.74. The number of hydrogen-bond acceptors (Lipinski definition) is 2. The van der Waals surface area contributed by atoms with E-state index in [-0.39, 0.29) is 5.82 Å². The van der Waals surface area contributed by atoms with E-state index in [1.165, 1.54) is 12.1 Å². The molecule has 0 amide bonds. The summed E-state index contributed by atoms with van der Waals surface area (Å²) in [4.78, 5) is 0. The van der Waals surface area contributed by atoms with Crippen LogP contribution in [0.15, 0.2) is 40.9 Å². The predicted molar refractivity (Wildman–Crippen MR) is 80.2 cm³/mol. The lowest BCUT2D eigenvalue weighted by molar-refractivity contribution is 0.190. The van der Waals surface area contributed by atoms with Crippen LogP contribution in [0.4, 0.5) is 4.39 Å². The summed E-state index contributed by atoms with van der Waals surface area (Å²) in [6.45, 7) is 3.97. The molecule has 0 saturated carbocycles. The molecule has 0 aliphatic heterocycles. The van der Waals surface area contributed by atoms with Gasteiger partial charge in [0.1, 0.15) is 18.2 Å². The number of rotatable bonds is 4. The van der Waals surface area contributed by atoms with Crippen molar-refractivity contribution in [2.75, 3.05) is 0 Å². The molecule has 0 saturated heterocycles. The Bertz CT molecular complexity index is 611. The van der Waals surface area contributed by atoms with E-state index in [0.717, 1.165) is 16.7 Å². The van der Waals surface area contributed by atoms with E-state index in [2.05, 4.69) is 15.9 Å². The molecule has 0 aliphatic carbocycles. The summed E-state index contributed by atoms with van der Waals surface area (Å²) in [5, 5.41) is 9.74. The summed E-state index contributed by atoms with van der Waals surface area (Å²) in [6.07, 6.45) is -0.595. The molecule has 0 heterocycles. The van der Waals surface area contributed by atoms with Crippen molar-refractivity contribution >= 4 is 15.9 Å². The fourth-order valence-corrected chi connectivity index (χ4v) is 2.37. The van der Waals surface area contributed by atoms with E-state index in [4.69, 9.17) is 4.74 Å². The SMILES string of the molecule is Cc1ccc([C@@H](C)O)c(OCc2ccc(F)cc2Br)c1. The molecule has 1 N–H and O–H groups in total. The lowest BCUT2D eigenvalue weighted by Gasteiger charge is -2.15. The van der Waals surface area contributed by atoms with Gasteiger partial charge in [0.2, 0.25) is 0 Å². The third kappa shape index (κ3) is 3.58. The quantitative estimate of drug-likeness (QED) is 0.887. The van der Waals surface area contributed by atoms with Gasteiger partial charge in [0, 0.05) is 15.6 Å². The average molecular weight is 339 g/mol. The molecule has 1 atom stereocenters. The Hall–Kier alpha value is -1.39. The lowest BCUT2D eigenvalue weighted by Crippen LogP contribution is -2.02. The van der Waals surface area contributed by atoms with Crippen LogP contribution < -0.4 is 4.74 Å². The summed E-state index contributed by atoms with van der Waals surface area (Å²) in [7, 11) is 0. The Kier molecular flexibility index (Phi) is 4.78. The molecular formula is C16H16BrFO2. The highest BCUT2D eigenvalue weighted by molar-refractivity contribution is 9.10. The lowest BCUT2D eigenvalue weighted by atomic mass is 10.1. The zero-order chi connectivity index (χ0) is 14.7. The topological polar surface area (TPSA) is 29.5 Å². The Labute approximate surface area is 126 Å². The Morgan fingerprint density at radius 2 is 2.00 bits per heavy atom. The molecule has 0 aromatic heterocycles. The Morgan fingerprint density at radius 3 is 2.65 bits per heavy atom. The van der Waals surface area contributed by atoms with Gasteiger partial charge in [0.05, 0.1) is 6.10 Å². The van der Waals surface area contributed by atoms with E-state index in [9.17, 15) is 9.50 Å². The van der Waals surface area contributed by atoms with E-state index in [0.29, 0.717) is 16.8 Å². The van der Waals surface area contributed by atoms with Gasteiger partial charge in [-0.05, 0) is 37.6 Å². The Balaban J connectivity index is 2.20. The highest BCUT2D eigenvalue weighted by atomic mass is 79.9. The number of aryl methyl sites for hydroxylation is 1. The molecule has 106 valence electrons. The molecule has 0 aliphatic rings. The van der Waals surface area contributed by atoms with Crippen molar-refractivity contribution in [2.45, 2.75) is 26.6 Å². The first-order valence-corrected chi connectivity index (χ1v) is 7.12. The molecule has 2 nitrogen and oxygen atoms in total. The van der Waals surface area contributed by atoms with E-state index >= 15 is 0 Å². The molecule has 0 unspecified atom stereocenters. The van der Waals surface area contributed by atoms with E-state index in [1.54, 1.807) is 13.0 Å². The van der Waals surface area contributed by atoms with Crippen LogP contribution in [0, 0.1) is 12.7 Å². The van der Waals surface area contributed by atoms with Crippen LogP contribution in [0.25, 0.3) is 0 Å². The number of aliphatic hydroxyl groups excluding tert-OH is 1. The van der Waals surface area contributed by atoms with Crippen LogP contribution in [0.5, 0.6) is 5.75 Å². The van der Waals surface area contributed by atoms with Gasteiger partial charge in [-0.1, -0.05) is 34.1 Å². The minimum absolute atomic E-state index is 0.291. The summed E-state index contributed by atoms with van der Waals surface area (Å²) in [5.41, 5.74) is 2.65. The van der Waals surface area contributed by atoms with E-state index < -0.39 is 6.10 Å². The van der Waals surface area contributed by atoms with Crippen molar-refractivity contribution in [1.82, 2.24) is 0 Å². The first-order chi connectivity index (χ1) is 9.47. The van der Waals surface area contributed by atoms with Crippen molar-refractivity contribution in [2.24, 2.45) is 0 Å². The number of aliphatic hydroxyl groups is 1. The number of halogens is 2. The molecule has 4 heteroatoms. The van der Waals surface area contributed by atoms with Crippen LogP contribution in [-0.2, 0) is 6.61 Å². The van der Waals surface area contributed by atoms with Crippen molar-refractivity contribution < 1.29 is 14.2 Å². The van der Waals surface area contributed by atoms with Crippen molar-refractivity contribution in [1.29, 1.82) is 0 Å². The maximum Gasteiger partial charge on any atom is 0.125 e. The van der Waals surface area contributed by atoms with Crippen LogP contribution in [0.1, 0.15) is 29.7 Å². The zero-order valence-electron chi connectivity index (χ0n) is 11.4. The molecule has 0 radical (unpaired) electrons. The second kappa shape index (κ2) is 6.37. The summed E-state index contributed by atoms with van der Waals surface area (Å²) in [5.74, 6) is 0.358. The minimum Gasteiger partial charge on any atom is -0.488 e. The van der Waals surface area contributed by atoms with Crippen molar-refractivity contribution in [3.05, 3.63) is 63.4 Å². The first kappa shape index (κ1) is 15.0. The fourth-order valence-electron chi connectivity index (χ4n) is 1.91. The van der Waals surface area contributed by atoms with Crippen LogP contribution in [0.3, 0.4) is 0 Å². The highest BCUT2D eigenvalue weighted by Crippen LogP contribution is 2.28. The molecule has 0 bridgehead atoms. The third-order valence-corrected chi connectivity index (χ3v) is 3.76. The standard InChI is InChI=1S/C16H16BrFO2/c1-10-3-6-14(11(2)19)16(7-10)20-9-12-4-5-13(18)8-15(12)17/h3-8,11,19H,9H2,1-2H3/t11-/m1/s1. The van der Waals surface area contributed by atoms with Crippen LogP contribution in [0.2, 0.25) is 0 Å². The maximum absolute atomic E-state index is 13.0.